The highest BCUT2D eigenvalue weighted by atomic mass is 16.3. The minimum Gasteiger partial charge on any atom is -0.396 e. The average Bonchev–Trinajstić information content (AvgIpc) is 2.27. The maximum Gasteiger partial charge on any atom is 0.0523 e. The van der Waals surface area contributed by atoms with Crippen molar-refractivity contribution in [3.63, 3.8) is 0 Å². The Bertz CT molecular complexity index is 352. The first kappa shape index (κ1) is 14.0. The van der Waals surface area contributed by atoms with Crippen molar-refractivity contribution in [3.05, 3.63) is 29.3 Å². The highest BCUT2D eigenvalue weighted by molar-refractivity contribution is 5.50. The zero-order valence-electron chi connectivity index (χ0n) is 11.2. The first-order valence-electron chi connectivity index (χ1n) is 5.91. The van der Waals surface area contributed by atoms with Crippen molar-refractivity contribution in [1.82, 2.24) is 0 Å². The number of aryl methyl sites for hydroxylation is 2. The van der Waals surface area contributed by atoms with Crippen LogP contribution in [0, 0.1) is 19.3 Å². The molecule has 2 N–H and O–H groups in total. The van der Waals surface area contributed by atoms with E-state index in [1.807, 2.05) is 14.0 Å². The molecular formula is C14H23NO2. The smallest absolute Gasteiger partial charge is 0.0523 e. The molecule has 0 saturated heterocycles. The third-order valence-electron chi connectivity index (χ3n) is 3.03. The minimum absolute atomic E-state index is 0.0152. The molecule has 0 radical (unpaired) electrons. The minimum atomic E-state index is -0.466. The Hall–Kier alpha value is -1.06. The zero-order chi connectivity index (χ0) is 13.1. The van der Waals surface area contributed by atoms with Gasteiger partial charge in [-0.15, -0.1) is 0 Å². The SMILES string of the molecule is Cc1cc(C)cc(N(C)CC(C)(CO)CO)c1. The van der Waals surface area contributed by atoms with Crippen molar-refractivity contribution >= 4 is 5.69 Å². The highest BCUT2D eigenvalue weighted by Crippen LogP contribution is 2.22. The van der Waals surface area contributed by atoms with E-state index in [1.165, 1.54) is 11.1 Å². The third kappa shape index (κ3) is 3.72. The van der Waals surface area contributed by atoms with Crippen LogP contribution in [0.15, 0.2) is 18.2 Å². The predicted octanol–water partition coefficient (Wildman–Crippen LogP) is 1.73. The molecule has 1 aromatic carbocycles. The highest BCUT2D eigenvalue weighted by Gasteiger charge is 2.24. The normalized spacial score (nSPS) is 11.6. The number of hydrogen-bond acceptors (Lipinski definition) is 3. The molecule has 0 atom stereocenters. The molecule has 0 aliphatic heterocycles. The molecule has 17 heavy (non-hydrogen) atoms. The standard InChI is InChI=1S/C14H23NO2/c1-11-5-12(2)7-13(6-11)15(4)8-14(3,9-16)10-17/h5-7,16-17H,8-10H2,1-4H3. The van der Waals surface area contributed by atoms with Gasteiger partial charge in [0, 0.05) is 24.7 Å². The van der Waals surface area contributed by atoms with Gasteiger partial charge < -0.3 is 15.1 Å². The summed E-state index contributed by atoms with van der Waals surface area (Å²) in [5.74, 6) is 0. The molecule has 1 aromatic rings. The monoisotopic (exact) mass is 237 g/mol. The van der Waals surface area contributed by atoms with Crippen LogP contribution < -0.4 is 4.90 Å². The molecular weight excluding hydrogens is 214 g/mol. The molecule has 96 valence electrons. The fraction of sp³-hybridized carbons (Fsp3) is 0.571. The van der Waals surface area contributed by atoms with Crippen molar-refractivity contribution in [2.45, 2.75) is 20.8 Å². The van der Waals surface area contributed by atoms with Crippen molar-refractivity contribution in [2.24, 2.45) is 5.41 Å². The second kappa shape index (κ2) is 5.52. The van der Waals surface area contributed by atoms with Crippen molar-refractivity contribution in [3.8, 4) is 0 Å². The molecule has 3 nitrogen and oxygen atoms in total. The van der Waals surface area contributed by atoms with E-state index >= 15 is 0 Å². The largest absolute Gasteiger partial charge is 0.396 e. The lowest BCUT2D eigenvalue weighted by Gasteiger charge is -2.32. The fourth-order valence-corrected chi connectivity index (χ4v) is 1.98. The Kier molecular flexibility index (Phi) is 4.54. The lowest BCUT2D eigenvalue weighted by Crippen LogP contribution is -2.39. The number of nitrogens with zero attached hydrogens (tertiary/aromatic N) is 1. The summed E-state index contributed by atoms with van der Waals surface area (Å²) in [6.07, 6.45) is 0. The van der Waals surface area contributed by atoms with Crippen LogP contribution in [-0.2, 0) is 0 Å². The first-order valence-corrected chi connectivity index (χ1v) is 5.91. The van der Waals surface area contributed by atoms with Gasteiger partial charge in [0.25, 0.3) is 0 Å². The average molecular weight is 237 g/mol. The molecule has 0 fully saturated rings. The second-order valence-corrected chi connectivity index (χ2v) is 5.33. The molecule has 0 aliphatic carbocycles. The molecule has 0 amide bonds. The van der Waals surface area contributed by atoms with Gasteiger partial charge in [0.2, 0.25) is 0 Å². The molecule has 3 heteroatoms. The lowest BCUT2D eigenvalue weighted by atomic mass is 9.92. The number of aliphatic hydroxyl groups is 2. The molecule has 1 rings (SSSR count). The topological polar surface area (TPSA) is 43.7 Å². The zero-order valence-corrected chi connectivity index (χ0v) is 11.2. The fourth-order valence-electron chi connectivity index (χ4n) is 1.98. The van der Waals surface area contributed by atoms with Crippen LogP contribution in [0.1, 0.15) is 18.1 Å². The van der Waals surface area contributed by atoms with Crippen LogP contribution in [0.5, 0.6) is 0 Å². The van der Waals surface area contributed by atoms with Crippen molar-refractivity contribution in [2.75, 3.05) is 31.7 Å². The predicted molar refractivity (Wildman–Crippen MR) is 71.5 cm³/mol. The Morgan fingerprint density at radius 1 is 1.06 bits per heavy atom. The number of hydrogen-bond donors (Lipinski definition) is 2. The van der Waals surface area contributed by atoms with E-state index in [2.05, 4.69) is 36.9 Å². The van der Waals surface area contributed by atoms with Crippen molar-refractivity contribution in [1.29, 1.82) is 0 Å². The number of benzene rings is 1. The van der Waals surface area contributed by atoms with E-state index in [1.54, 1.807) is 0 Å². The van der Waals surface area contributed by atoms with Gasteiger partial charge in [-0.3, -0.25) is 0 Å². The summed E-state index contributed by atoms with van der Waals surface area (Å²) >= 11 is 0. The molecule has 0 heterocycles. The lowest BCUT2D eigenvalue weighted by molar-refractivity contribution is 0.0763. The Balaban J connectivity index is 2.85. The van der Waals surface area contributed by atoms with E-state index in [0.717, 1.165) is 5.69 Å². The maximum absolute atomic E-state index is 9.30. The van der Waals surface area contributed by atoms with Crippen LogP contribution >= 0.6 is 0 Å². The van der Waals surface area contributed by atoms with Crippen LogP contribution in [0.25, 0.3) is 0 Å². The first-order chi connectivity index (χ1) is 7.90. The van der Waals surface area contributed by atoms with Gasteiger partial charge in [0.05, 0.1) is 13.2 Å². The molecule has 0 spiro atoms. The summed E-state index contributed by atoms with van der Waals surface area (Å²) < 4.78 is 0. The maximum atomic E-state index is 9.30. The van der Waals surface area contributed by atoms with Gasteiger partial charge in [0.15, 0.2) is 0 Å². The quantitative estimate of drug-likeness (QED) is 0.819. The van der Waals surface area contributed by atoms with E-state index < -0.39 is 5.41 Å². The number of anilines is 1. The van der Waals surface area contributed by atoms with E-state index in [0.29, 0.717) is 6.54 Å². The van der Waals surface area contributed by atoms with Gasteiger partial charge in [0.1, 0.15) is 0 Å². The van der Waals surface area contributed by atoms with Gasteiger partial charge in [-0.05, 0) is 37.1 Å². The van der Waals surface area contributed by atoms with Crippen LogP contribution in [0.4, 0.5) is 5.69 Å². The second-order valence-electron chi connectivity index (χ2n) is 5.33. The summed E-state index contributed by atoms with van der Waals surface area (Å²) in [6, 6.07) is 6.36. The van der Waals surface area contributed by atoms with Crippen LogP contribution in [0.2, 0.25) is 0 Å². The Labute approximate surface area is 104 Å². The van der Waals surface area contributed by atoms with Gasteiger partial charge in [-0.2, -0.15) is 0 Å². The Morgan fingerprint density at radius 2 is 1.53 bits per heavy atom. The van der Waals surface area contributed by atoms with E-state index in [4.69, 9.17) is 0 Å². The van der Waals surface area contributed by atoms with Crippen LogP contribution in [0.3, 0.4) is 0 Å². The van der Waals surface area contributed by atoms with Gasteiger partial charge >= 0.3 is 0 Å². The van der Waals surface area contributed by atoms with Crippen molar-refractivity contribution < 1.29 is 10.2 Å². The molecule has 0 saturated carbocycles. The summed E-state index contributed by atoms with van der Waals surface area (Å²) in [5, 5.41) is 18.6. The summed E-state index contributed by atoms with van der Waals surface area (Å²) in [5.41, 5.74) is 3.10. The van der Waals surface area contributed by atoms with Crippen LogP contribution in [-0.4, -0.2) is 37.0 Å². The summed E-state index contributed by atoms with van der Waals surface area (Å²) in [7, 11) is 1.98. The molecule has 0 aromatic heterocycles. The molecule has 0 unspecified atom stereocenters. The molecule has 0 aliphatic rings. The summed E-state index contributed by atoms with van der Waals surface area (Å²) in [4.78, 5) is 2.08. The third-order valence-corrected chi connectivity index (χ3v) is 3.03. The summed E-state index contributed by atoms with van der Waals surface area (Å²) in [6.45, 7) is 6.62. The van der Waals surface area contributed by atoms with Gasteiger partial charge in [-0.1, -0.05) is 13.0 Å². The van der Waals surface area contributed by atoms with Gasteiger partial charge in [-0.25, -0.2) is 0 Å². The Morgan fingerprint density at radius 3 is 1.94 bits per heavy atom. The number of rotatable bonds is 5. The van der Waals surface area contributed by atoms with E-state index in [-0.39, 0.29) is 13.2 Å². The molecule has 0 bridgehead atoms. The van der Waals surface area contributed by atoms with E-state index in [9.17, 15) is 10.2 Å². The number of aliphatic hydroxyl groups excluding tert-OH is 2.